The number of nitrogens with zero attached hydrogens (tertiary/aromatic N) is 2. The number of hydrogen-bond donors (Lipinski definition) is 0. The quantitative estimate of drug-likeness (QED) is 0.412. The number of nitro benzene ring substituents is 1. The Balaban J connectivity index is 3.60. The molecule has 0 aliphatic heterocycles. The first kappa shape index (κ1) is 10.3. The molecule has 0 saturated heterocycles. The molecule has 0 aromatic heterocycles. The molecular weight excluding hydrogens is 184 g/mol. The van der Waals surface area contributed by atoms with Gasteiger partial charge in [-0.15, -0.1) is 4.91 Å². The van der Waals surface area contributed by atoms with E-state index in [9.17, 15) is 15.0 Å². The molecule has 0 aliphatic carbocycles. The van der Waals surface area contributed by atoms with Crippen LogP contribution in [-0.2, 0) is 0 Å². The summed E-state index contributed by atoms with van der Waals surface area (Å²) in [7, 11) is 0. The van der Waals surface area contributed by atoms with Crippen LogP contribution in [0.25, 0.3) is 0 Å². The standard InChI is InChI=1S/C9H10N2O3/c1-5-4-6(2)9(11(13)14)7(3)8(5)10-12/h4H,1-3H3. The zero-order chi connectivity index (χ0) is 10.9. The highest BCUT2D eigenvalue weighted by atomic mass is 16.6. The topological polar surface area (TPSA) is 72.6 Å². The molecule has 0 N–H and O–H groups in total. The molecule has 0 fully saturated rings. The summed E-state index contributed by atoms with van der Waals surface area (Å²) in [5.41, 5.74) is 1.70. The Morgan fingerprint density at radius 3 is 2.29 bits per heavy atom. The molecule has 1 rings (SSSR count). The lowest BCUT2D eigenvalue weighted by Crippen LogP contribution is -1.96. The van der Waals surface area contributed by atoms with E-state index in [0.717, 1.165) is 0 Å². The number of rotatable bonds is 2. The van der Waals surface area contributed by atoms with Gasteiger partial charge in [0, 0.05) is 5.56 Å². The van der Waals surface area contributed by atoms with Gasteiger partial charge in [-0.1, -0.05) is 0 Å². The summed E-state index contributed by atoms with van der Waals surface area (Å²) < 4.78 is 0. The van der Waals surface area contributed by atoms with Crippen LogP contribution in [0.1, 0.15) is 16.7 Å². The highest BCUT2D eigenvalue weighted by Gasteiger charge is 2.19. The van der Waals surface area contributed by atoms with Crippen LogP contribution in [0.15, 0.2) is 11.2 Å². The molecule has 0 bridgehead atoms. The van der Waals surface area contributed by atoms with E-state index < -0.39 is 4.92 Å². The molecule has 0 saturated carbocycles. The average molecular weight is 194 g/mol. The molecule has 0 radical (unpaired) electrons. The zero-order valence-corrected chi connectivity index (χ0v) is 8.20. The van der Waals surface area contributed by atoms with Crippen molar-refractivity contribution in [3.63, 3.8) is 0 Å². The lowest BCUT2D eigenvalue weighted by atomic mass is 10.0. The summed E-state index contributed by atoms with van der Waals surface area (Å²) in [6.07, 6.45) is 0. The van der Waals surface area contributed by atoms with Gasteiger partial charge >= 0.3 is 0 Å². The molecule has 0 atom stereocenters. The zero-order valence-electron chi connectivity index (χ0n) is 8.20. The second-order valence-corrected chi connectivity index (χ2v) is 3.18. The van der Waals surface area contributed by atoms with E-state index in [1.165, 1.54) is 6.92 Å². The third-order valence-corrected chi connectivity index (χ3v) is 2.16. The number of aryl methyl sites for hydroxylation is 2. The molecule has 1 aromatic rings. The van der Waals surface area contributed by atoms with E-state index in [4.69, 9.17) is 0 Å². The fourth-order valence-electron chi connectivity index (χ4n) is 1.59. The number of hydrogen-bond acceptors (Lipinski definition) is 4. The van der Waals surface area contributed by atoms with Crippen LogP contribution in [0.3, 0.4) is 0 Å². The molecule has 5 heteroatoms. The average Bonchev–Trinajstić information content (AvgIpc) is 2.02. The van der Waals surface area contributed by atoms with Gasteiger partial charge in [-0.3, -0.25) is 10.1 Å². The summed E-state index contributed by atoms with van der Waals surface area (Å²) in [6, 6.07) is 1.60. The molecule has 0 amide bonds. The van der Waals surface area contributed by atoms with E-state index >= 15 is 0 Å². The Hall–Kier alpha value is -1.78. The molecule has 74 valence electrons. The minimum absolute atomic E-state index is 0.0230. The van der Waals surface area contributed by atoms with Gasteiger partial charge in [-0.25, -0.2) is 0 Å². The lowest BCUT2D eigenvalue weighted by Gasteiger charge is -2.05. The maximum absolute atomic E-state index is 10.7. The first-order chi connectivity index (χ1) is 6.49. The minimum Gasteiger partial charge on any atom is -0.258 e. The number of nitroso groups, excluding NO2 is 1. The van der Waals surface area contributed by atoms with E-state index in [-0.39, 0.29) is 11.4 Å². The van der Waals surface area contributed by atoms with Crippen LogP contribution in [0.4, 0.5) is 11.4 Å². The van der Waals surface area contributed by atoms with E-state index in [1.54, 1.807) is 19.9 Å². The summed E-state index contributed by atoms with van der Waals surface area (Å²) in [4.78, 5) is 20.7. The van der Waals surface area contributed by atoms with Crippen molar-refractivity contribution in [2.24, 2.45) is 5.18 Å². The Kier molecular flexibility index (Phi) is 2.60. The fourth-order valence-corrected chi connectivity index (χ4v) is 1.59. The normalized spacial score (nSPS) is 9.93. The van der Waals surface area contributed by atoms with Crippen molar-refractivity contribution in [3.05, 3.63) is 37.8 Å². The van der Waals surface area contributed by atoms with Crippen LogP contribution < -0.4 is 0 Å². The summed E-state index contributed by atoms with van der Waals surface area (Å²) in [5.74, 6) is 0. The van der Waals surface area contributed by atoms with Gasteiger partial charge in [-0.2, -0.15) is 0 Å². The van der Waals surface area contributed by atoms with Gasteiger partial charge in [0.05, 0.1) is 10.5 Å². The van der Waals surface area contributed by atoms with Crippen LogP contribution in [0.2, 0.25) is 0 Å². The Morgan fingerprint density at radius 2 is 1.86 bits per heavy atom. The maximum Gasteiger partial charge on any atom is 0.277 e. The second-order valence-electron chi connectivity index (χ2n) is 3.18. The van der Waals surface area contributed by atoms with Crippen molar-refractivity contribution in [2.45, 2.75) is 20.8 Å². The number of benzene rings is 1. The molecular formula is C9H10N2O3. The van der Waals surface area contributed by atoms with Gasteiger partial charge < -0.3 is 0 Å². The maximum atomic E-state index is 10.7. The van der Waals surface area contributed by atoms with Gasteiger partial charge in [-0.05, 0) is 37.6 Å². The van der Waals surface area contributed by atoms with E-state index in [1.807, 2.05) is 0 Å². The van der Waals surface area contributed by atoms with Crippen molar-refractivity contribution in [2.75, 3.05) is 0 Å². The van der Waals surface area contributed by atoms with Gasteiger partial charge in [0.25, 0.3) is 5.69 Å². The minimum atomic E-state index is -0.487. The Morgan fingerprint density at radius 1 is 1.29 bits per heavy atom. The number of nitro groups is 1. The predicted octanol–water partition coefficient (Wildman–Crippen LogP) is 2.92. The van der Waals surface area contributed by atoms with Crippen LogP contribution >= 0.6 is 0 Å². The smallest absolute Gasteiger partial charge is 0.258 e. The summed E-state index contributed by atoms with van der Waals surface area (Å²) in [5, 5.41) is 13.5. The molecule has 0 spiro atoms. The Bertz CT molecular complexity index is 413. The summed E-state index contributed by atoms with van der Waals surface area (Å²) in [6.45, 7) is 4.89. The molecule has 5 nitrogen and oxygen atoms in total. The third kappa shape index (κ3) is 1.48. The molecule has 0 aliphatic rings. The van der Waals surface area contributed by atoms with Crippen molar-refractivity contribution in [1.29, 1.82) is 0 Å². The molecule has 0 heterocycles. The van der Waals surface area contributed by atoms with E-state index in [0.29, 0.717) is 16.7 Å². The van der Waals surface area contributed by atoms with Gasteiger partial charge in [0.1, 0.15) is 5.69 Å². The van der Waals surface area contributed by atoms with Crippen LogP contribution in [-0.4, -0.2) is 4.92 Å². The fraction of sp³-hybridized carbons (Fsp3) is 0.333. The third-order valence-electron chi connectivity index (χ3n) is 2.16. The lowest BCUT2D eigenvalue weighted by molar-refractivity contribution is -0.386. The first-order valence-corrected chi connectivity index (χ1v) is 4.07. The van der Waals surface area contributed by atoms with Crippen LogP contribution in [0.5, 0.6) is 0 Å². The van der Waals surface area contributed by atoms with Gasteiger partial charge in [0.2, 0.25) is 0 Å². The van der Waals surface area contributed by atoms with Crippen molar-refractivity contribution in [1.82, 2.24) is 0 Å². The highest BCUT2D eigenvalue weighted by molar-refractivity contribution is 5.64. The monoisotopic (exact) mass is 194 g/mol. The van der Waals surface area contributed by atoms with Crippen LogP contribution in [0, 0.1) is 35.8 Å². The highest BCUT2D eigenvalue weighted by Crippen LogP contribution is 2.33. The summed E-state index contributed by atoms with van der Waals surface area (Å²) >= 11 is 0. The SMILES string of the molecule is Cc1cc(C)c([N+](=O)[O-])c(C)c1N=O. The van der Waals surface area contributed by atoms with Crippen molar-refractivity contribution >= 4 is 11.4 Å². The first-order valence-electron chi connectivity index (χ1n) is 4.07. The predicted molar refractivity (Wildman–Crippen MR) is 52.8 cm³/mol. The second kappa shape index (κ2) is 3.53. The van der Waals surface area contributed by atoms with Crippen molar-refractivity contribution < 1.29 is 4.92 Å². The molecule has 1 aromatic carbocycles. The van der Waals surface area contributed by atoms with E-state index in [2.05, 4.69) is 5.18 Å². The molecule has 0 unspecified atom stereocenters. The van der Waals surface area contributed by atoms with Gasteiger partial charge in [0.15, 0.2) is 0 Å². The molecule has 14 heavy (non-hydrogen) atoms. The van der Waals surface area contributed by atoms with Crippen molar-refractivity contribution in [3.8, 4) is 0 Å². The Labute approximate surface area is 80.9 Å². The largest absolute Gasteiger partial charge is 0.277 e.